The second-order valence-electron chi connectivity index (χ2n) is 8.22. The molecule has 0 saturated carbocycles. The Labute approximate surface area is 182 Å². The van der Waals surface area contributed by atoms with Crippen LogP contribution in [0.15, 0.2) is 78.5 Å². The van der Waals surface area contributed by atoms with E-state index in [2.05, 4.69) is 60.8 Å². The van der Waals surface area contributed by atoms with E-state index in [4.69, 9.17) is 9.47 Å². The topological polar surface area (TPSA) is 47.6 Å². The van der Waals surface area contributed by atoms with E-state index in [0.717, 1.165) is 29.2 Å². The number of aryl methyl sites for hydroxylation is 1. The molecule has 3 aromatic rings. The number of hydrogen-bond donors (Lipinski definition) is 1. The van der Waals surface area contributed by atoms with E-state index in [1.54, 1.807) is 6.08 Å². The molecule has 2 aliphatic rings. The van der Waals surface area contributed by atoms with E-state index >= 15 is 0 Å². The molecule has 0 aromatic heterocycles. The molecule has 1 aliphatic carbocycles. The average molecular weight is 412 g/mol. The summed E-state index contributed by atoms with van der Waals surface area (Å²) in [6, 6.07) is 23.0. The number of nitrogens with one attached hydrogen (secondary N) is 1. The van der Waals surface area contributed by atoms with Gasteiger partial charge in [0.1, 0.15) is 0 Å². The fraction of sp³-hybridized carbons (Fsp3) is 0.222. The van der Waals surface area contributed by atoms with Crippen LogP contribution in [0.1, 0.15) is 35.4 Å². The highest BCUT2D eigenvalue weighted by Gasteiger charge is 2.24. The van der Waals surface area contributed by atoms with Crippen molar-refractivity contribution >= 4 is 5.78 Å². The van der Waals surface area contributed by atoms with Crippen molar-refractivity contribution in [2.24, 2.45) is 0 Å². The summed E-state index contributed by atoms with van der Waals surface area (Å²) in [4.78, 5) is 12.4. The van der Waals surface area contributed by atoms with Gasteiger partial charge in [0.2, 0.25) is 6.79 Å². The zero-order valence-electron chi connectivity index (χ0n) is 17.6. The van der Waals surface area contributed by atoms with Crippen LogP contribution in [0.4, 0.5) is 0 Å². The van der Waals surface area contributed by atoms with E-state index in [1.807, 2.05) is 18.2 Å². The minimum Gasteiger partial charge on any atom is -0.454 e. The molecule has 1 unspecified atom stereocenters. The third-order valence-corrected chi connectivity index (χ3v) is 6.02. The third-order valence-electron chi connectivity index (χ3n) is 6.02. The monoisotopic (exact) mass is 411 g/mol. The minimum atomic E-state index is 0.146. The molecule has 1 aliphatic heterocycles. The Morgan fingerprint density at radius 3 is 2.71 bits per heavy atom. The van der Waals surface area contributed by atoms with Crippen LogP contribution in [-0.4, -0.2) is 12.6 Å². The van der Waals surface area contributed by atoms with Gasteiger partial charge in [-0.3, -0.25) is 4.79 Å². The van der Waals surface area contributed by atoms with Gasteiger partial charge in [0.15, 0.2) is 17.3 Å². The summed E-state index contributed by atoms with van der Waals surface area (Å²) in [7, 11) is 0. The maximum Gasteiger partial charge on any atom is 0.231 e. The van der Waals surface area contributed by atoms with Crippen molar-refractivity contribution in [3.05, 3.63) is 95.2 Å². The summed E-state index contributed by atoms with van der Waals surface area (Å²) < 4.78 is 10.9. The van der Waals surface area contributed by atoms with E-state index in [0.29, 0.717) is 13.0 Å². The standard InChI is InChI=1S/C27H25NO3/c1-18-5-2-3-8-25(18)21-7-4-6-19(11-21)16-28-23-12-22(13-24(29)15-23)20-9-10-26-27(14-20)31-17-30-26/h2-11,14-15,22,28H,12-13,16-17H2,1H3. The maximum atomic E-state index is 12.4. The molecule has 5 rings (SSSR count). The first kappa shape index (κ1) is 19.4. The number of ketones is 1. The van der Waals surface area contributed by atoms with Gasteiger partial charge in [0, 0.05) is 24.7 Å². The van der Waals surface area contributed by atoms with Gasteiger partial charge in [-0.25, -0.2) is 0 Å². The van der Waals surface area contributed by atoms with Crippen LogP contribution in [0, 0.1) is 6.92 Å². The van der Waals surface area contributed by atoms with Crippen LogP contribution in [0.5, 0.6) is 11.5 Å². The zero-order valence-corrected chi connectivity index (χ0v) is 17.6. The Morgan fingerprint density at radius 2 is 1.81 bits per heavy atom. The molecule has 0 saturated heterocycles. The van der Waals surface area contributed by atoms with Gasteiger partial charge >= 0.3 is 0 Å². The highest BCUT2D eigenvalue weighted by Crippen LogP contribution is 2.38. The Morgan fingerprint density at radius 1 is 0.935 bits per heavy atom. The van der Waals surface area contributed by atoms with Crippen molar-refractivity contribution < 1.29 is 14.3 Å². The predicted octanol–water partition coefficient (Wildman–Crippen LogP) is 5.51. The van der Waals surface area contributed by atoms with Crippen LogP contribution >= 0.6 is 0 Å². The summed E-state index contributed by atoms with van der Waals surface area (Å²) in [5.74, 6) is 1.84. The quantitative estimate of drug-likeness (QED) is 0.601. The Bertz CT molecular complexity index is 1160. The van der Waals surface area contributed by atoms with E-state index in [9.17, 15) is 4.79 Å². The van der Waals surface area contributed by atoms with Crippen molar-refractivity contribution in [3.63, 3.8) is 0 Å². The lowest BCUT2D eigenvalue weighted by molar-refractivity contribution is -0.115. The molecule has 31 heavy (non-hydrogen) atoms. The van der Waals surface area contributed by atoms with Gasteiger partial charge in [-0.2, -0.15) is 0 Å². The van der Waals surface area contributed by atoms with Crippen LogP contribution in [-0.2, 0) is 11.3 Å². The third kappa shape index (κ3) is 4.19. The van der Waals surface area contributed by atoms with Crippen LogP contribution in [0.3, 0.4) is 0 Å². The fourth-order valence-electron chi connectivity index (χ4n) is 4.38. The molecule has 4 heteroatoms. The van der Waals surface area contributed by atoms with Crippen LogP contribution in [0.2, 0.25) is 0 Å². The van der Waals surface area contributed by atoms with E-state index in [-0.39, 0.29) is 18.5 Å². The first-order valence-electron chi connectivity index (χ1n) is 10.7. The summed E-state index contributed by atoms with van der Waals surface area (Å²) in [6.07, 6.45) is 3.09. The van der Waals surface area contributed by atoms with Gasteiger partial charge in [-0.05, 0) is 65.3 Å². The van der Waals surface area contributed by atoms with E-state index < -0.39 is 0 Å². The van der Waals surface area contributed by atoms with Gasteiger partial charge in [-0.15, -0.1) is 0 Å². The van der Waals surface area contributed by atoms with Gasteiger partial charge in [0.05, 0.1) is 0 Å². The Hall–Kier alpha value is -3.53. The number of carbonyl (C=O) groups is 1. The molecule has 0 radical (unpaired) electrons. The maximum absolute atomic E-state index is 12.4. The molecule has 1 N–H and O–H groups in total. The first-order chi connectivity index (χ1) is 15.2. The zero-order chi connectivity index (χ0) is 21.2. The fourth-order valence-corrected chi connectivity index (χ4v) is 4.38. The van der Waals surface area contributed by atoms with Gasteiger partial charge in [-0.1, -0.05) is 48.5 Å². The lowest BCUT2D eigenvalue weighted by Crippen LogP contribution is -2.22. The summed E-state index contributed by atoms with van der Waals surface area (Å²) in [5, 5.41) is 3.50. The number of rotatable bonds is 5. The second-order valence-corrected chi connectivity index (χ2v) is 8.22. The second kappa shape index (κ2) is 8.31. The summed E-state index contributed by atoms with van der Waals surface area (Å²) in [6.45, 7) is 3.08. The number of carbonyl (C=O) groups excluding carboxylic acids is 1. The van der Waals surface area contributed by atoms with Crippen molar-refractivity contribution in [1.29, 1.82) is 0 Å². The van der Waals surface area contributed by atoms with E-state index in [1.165, 1.54) is 22.3 Å². The largest absolute Gasteiger partial charge is 0.454 e. The van der Waals surface area contributed by atoms with Crippen molar-refractivity contribution in [3.8, 4) is 22.6 Å². The molecule has 1 atom stereocenters. The van der Waals surface area contributed by atoms with Gasteiger partial charge < -0.3 is 14.8 Å². The normalized spacial score (nSPS) is 17.4. The van der Waals surface area contributed by atoms with Crippen molar-refractivity contribution in [2.75, 3.05) is 6.79 Å². The molecule has 0 amide bonds. The number of benzene rings is 3. The molecule has 0 bridgehead atoms. The predicted molar refractivity (Wildman–Crippen MR) is 121 cm³/mol. The van der Waals surface area contributed by atoms with Crippen molar-refractivity contribution in [2.45, 2.75) is 32.2 Å². The number of allylic oxidation sites excluding steroid dienone is 2. The first-order valence-corrected chi connectivity index (χ1v) is 10.7. The van der Waals surface area contributed by atoms with Crippen LogP contribution in [0.25, 0.3) is 11.1 Å². The molecule has 1 heterocycles. The Balaban J connectivity index is 1.29. The highest BCUT2D eigenvalue weighted by atomic mass is 16.7. The van der Waals surface area contributed by atoms with Crippen LogP contribution < -0.4 is 14.8 Å². The molecule has 3 aromatic carbocycles. The number of fused-ring (bicyclic) bond motifs is 1. The molecule has 0 spiro atoms. The van der Waals surface area contributed by atoms with Gasteiger partial charge in [0.25, 0.3) is 0 Å². The molecule has 4 nitrogen and oxygen atoms in total. The number of ether oxygens (including phenoxy) is 2. The smallest absolute Gasteiger partial charge is 0.231 e. The molecular formula is C27H25NO3. The summed E-state index contributed by atoms with van der Waals surface area (Å²) in [5.41, 5.74) is 7.02. The SMILES string of the molecule is Cc1ccccc1-c1cccc(CNC2=CC(=O)CC(c3ccc4c(c3)OCO4)C2)c1. The van der Waals surface area contributed by atoms with Crippen molar-refractivity contribution in [1.82, 2.24) is 5.32 Å². The minimum absolute atomic E-state index is 0.146. The lowest BCUT2D eigenvalue weighted by Gasteiger charge is -2.23. The Kier molecular flexibility index (Phi) is 5.21. The molecule has 156 valence electrons. The lowest BCUT2D eigenvalue weighted by atomic mass is 9.85. The highest BCUT2D eigenvalue weighted by molar-refractivity contribution is 5.92. The average Bonchev–Trinajstić information content (AvgIpc) is 3.26. The molecule has 0 fully saturated rings. The summed E-state index contributed by atoms with van der Waals surface area (Å²) >= 11 is 0. The molecular weight excluding hydrogens is 386 g/mol. The number of hydrogen-bond acceptors (Lipinski definition) is 4.